The first kappa shape index (κ1) is 49.6. The summed E-state index contributed by atoms with van der Waals surface area (Å²) in [4.78, 5) is 49.5. The summed E-state index contributed by atoms with van der Waals surface area (Å²) < 4.78 is 0. The van der Waals surface area contributed by atoms with Gasteiger partial charge < -0.3 is 91.9 Å². The van der Waals surface area contributed by atoms with Crippen LogP contribution in [0.4, 0.5) is 0 Å². The van der Waals surface area contributed by atoms with E-state index in [2.05, 4.69) is 0 Å². The Bertz CT molecular complexity index is 263. The van der Waals surface area contributed by atoms with E-state index in [4.69, 9.17) is 91.9 Å². The molecule has 0 saturated carbocycles. The average molecular weight is 720 g/mol. The van der Waals surface area contributed by atoms with Gasteiger partial charge in [0.2, 0.25) is 0 Å². The molecule has 0 fully saturated rings. The fraction of sp³-hybridized carbons (Fsp3) is 0. The van der Waals surface area contributed by atoms with Gasteiger partial charge in [0.05, 0.1) is 30.5 Å². The molecule has 26 heteroatoms. The smallest absolute Gasteiger partial charge is 0.356 e. The minimum absolute atomic E-state index is 0. The maximum Gasteiger partial charge on any atom is 3.00 e. The van der Waals surface area contributed by atoms with Crippen molar-refractivity contribution in [1.29, 1.82) is 0 Å². The van der Waals surface area contributed by atoms with Gasteiger partial charge in [0, 0.05) is 0 Å². The summed E-state index contributed by atoms with van der Waals surface area (Å²) in [7, 11) is 0. The van der Waals surface area contributed by atoms with Gasteiger partial charge in [-0.2, -0.15) is 0 Å². The molecule has 0 amide bonds. The summed E-state index contributed by atoms with van der Waals surface area (Å²) in [5, 5.41) is 88.5. The fourth-order valence-electron chi connectivity index (χ4n) is 0. The van der Waals surface area contributed by atoms with Crippen LogP contribution >= 0.6 is 0 Å². The van der Waals surface area contributed by atoms with Crippen molar-refractivity contribution >= 4 is 0 Å². The minimum Gasteiger partial charge on any atom is -0.356 e. The monoisotopic (exact) mass is 721 g/mol. The van der Waals surface area contributed by atoms with Crippen molar-refractivity contribution in [1.82, 2.24) is 0 Å². The molecule has 0 unspecified atom stereocenters. The van der Waals surface area contributed by atoms with Crippen LogP contribution in [0.25, 0.3) is 0 Å². The van der Waals surface area contributed by atoms with Crippen LogP contribution in [0.5, 0.6) is 0 Å². The molecule has 24 nitrogen and oxygen atoms in total. The molecule has 0 bridgehead atoms. The van der Waals surface area contributed by atoms with E-state index in [1.807, 2.05) is 0 Å². The molecule has 0 atom stereocenters. The van der Waals surface area contributed by atoms with Gasteiger partial charge in [-0.05, 0) is 0 Å². The largest absolute Gasteiger partial charge is 3.00 e. The molecule has 0 spiro atoms. The summed E-state index contributed by atoms with van der Waals surface area (Å²) in [5.74, 6) is 0. The van der Waals surface area contributed by atoms with Crippen molar-refractivity contribution < 1.29 is 114 Å². The van der Waals surface area contributed by atoms with E-state index >= 15 is 0 Å². The van der Waals surface area contributed by atoms with Gasteiger partial charge in [-0.15, -0.1) is 0 Å². The third-order valence-electron chi connectivity index (χ3n) is 0. The Morgan fingerprint density at radius 2 is 0.308 bits per heavy atom. The van der Waals surface area contributed by atoms with E-state index in [1.54, 1.807) is 0 Å². The van der Waals surface area contributed by atoms with Gasteiger partial charge in [0.25, 0.3) is 0 Å². The molecule has 26 heavy (non-hydrogen) atoms. The SMILES string of the molecule is O=[N+]([O-])[O-].O=[N+]([O-])[O-].O=[N+]([O-])[O-].O=[N+]([O-])[O-].O=[N+]([O-])[O-].O=[N+]([O-])[O-].[Lu+3].[Yb+3]. The first-order chi connectivity index (χ1) is 10.4. The van der Waals surface area contributed by atoms with Crippen LogP contribution in [0.3, 0.4) is 0 Å². The molecule has 0 heterocycles. The zero-order valence-electron chi connectivity index (χ0n) is 10.6. The molecule has 0 aliphatic carbocycles. The molecule has 0 rings (SSSR count). The second-order valence-corrected chi connectivity index (χ2v) is 1.34. The van der Waals surface area contributed by atoms with E-state index in [1.165, 1.54) is 0 Å². The topological polar surface area (TPSA) is 397 Å². The van der Waals surface area contributed by atoms with Crippen LogP contribution in [0.1, 0.15) is 0 Å². The normalized spacial score (nSPS) is 5.54. The van der Waals surface area contributed by atoms with Crippen molar-refractivity contribution in [3.63, 3.8) is 0 Å². The van der Waals surface area contributed by atoms with Gasteiger partial charge in [0.1, 0.15) is 0 Å². The van der Waals surface area contributed by atoms with Crippen LogP contribution in [0.2, 0.25) is 0 Å². The zero-order valence-corrected chi connectivity index (χ0v) is 13.9. The minimum atomic E-state index is -1.75. The van der Waals surface area contributed by atoms with Crippen molar-refractivity contribution in [2.45, 2.75) is 0 Å². The standard InChI is InChI=1S/Lu.6NO3.Yb/c;6*2-1(3)4;/q+3;6*-1;+3. The van der Waals surface area contributed by atoms with Crippen LogP contribution in [-0.2, 0) is 0 Å². The van der Waals surface area contributed by atoms with E-state index in [0.717, 1.165) is 0 Å². The molecule has 0 aliphatic heterocycles. The summed E-state index contributed by atoms with van der Waals surface area (Å²) in [6.07, 6.45) is 0. The predicted octanol–water partition coefficient (Wildman–Crippen LogP) is -1.43. The molecule has 0 N–H and O–H groups in total. The molecule has 0 aromatic carbocycles. The zero-order chi connectivity index (χ0) is 21.5. The van der Waals surface area contributed by atoms with Crippen molar-refractivity contribution in [3.05, 3.63) is 91.9 Å². The van der Waals surface area contributed by atoms with E-state index in [-0.39, 0.29) is 83.8 Å². The molecule has 0 aromatic heterocycles. The summed E-state index contributed by atoms with van der Waals surface area (Å²) >= 11 is 0. The number of nitrogens with zero attached hydrogens (tertiary/aromatic N) is 6. The summed E-state index contributed by atoms with van der Waals surface area (Å²) in [5.41, 5.74) is 0. The third kappa shape index (κ3) is 2300. The molecule has 167 valence electrons. The van der Waals surface area contributed by atoms with Crippen LogP contribution < -0.4 is 0 Å². The van der Waals surface area contributed by atoms with Crippen LogP contribution in [0, 0.1) is 176 Å². The first-order valence-corrected chi connectivity index (χ1v) is 3.29. The number of rotatable bonds is 0. The Morgan fingerprint density at radius 1 is 0.308 bits per heavy atom. The van der Waals surface area contributed by atoms with Gasteiger partial charge in [-0.1, -0.05) is 0 Å². The quantitative estimate of drug-likeness (QED) is 0.204. The molecule has 1 radical (unpaired) electrons. The van der Waals surface area contributed by atoms with E-state index in [9.17, 15) is 0 Å². The summed E-state index contributed by atoms with van der Waals surface area (Å²) in [6.45, 7) is 0. The number of hydrogen-bond donors (Lipinski definition) is 0. The molecule has 0 aliphatic rings. The van der Waals surface area contributed by atoms with Gasteiger partial charge in [-0.25, -0.2) is 0 Å². The van der Waals surface area contributed by atoms with Crippen molar-refractivity contribution in [2.75, 3.05) is 0 Å². The summed E-state index contributed by atoms with van der Waals surface area (Å²) in [6, 6.07) is 0. The second kappa shape index (κ2) is 43.5. The molecule has 0 aromatic rings. The van der Waals surface area contributed by atoms with Crippen LogP contribution in [0.15, 0.2) is 0 Å². The number of hydrogen-bond acceptors (Lipinski definition) is 18. The van der Waals surface area contributed by atoms with Gasteiger partial charge in [-0.3, -0.25) is 0 Å². The van der Waals surface area contributed by atoms with E-state index in [0.29, 0.717) is 0 Å². The molecular weight excluding hydrogens is 720 g/mol. The second-order valence-electron chi connectivity index (χ2n) is 1.34. The Hall–Kier alpha value is -2.05. The van der Waals surface area contributed by atoms with Crippen molar-refractivity contribution in [3.8, 4) is 0 Å². The Balaban J connectivity index is -0.0000000245. The van der Waals surface area contributed by atoms with Gasteiger partial charge >= 0.3 is 83.8 Å². The Kier molecular flexibility index (Phi) is 82.9. The molecular formula is LuN6O18Yb. The van der Waals surface area contributed by atoms with Crippen LogP contribution in [-0.4, -0.2) is 30.5 Å². The maximum absolute atomic E-state index is 8.25. The first-order valence-electron chi connectivity index (χ1n) is 3.29. The fourth-order valence-corrected chi connectivity index (χ4v) is 0. The predicted molar refractivity (Wildman–Crippen MR) is 62.2 cm³/mol. The maximum atomic E-state index is 8.25. The third-order valence-corrected chi connectivity index (χ3v) is 0. The Morgan fingerprint density at radius 3 is 0.308 bits per heavy atom. The van der Waals surface area contributed by atoms with Gasteiger partial charge in [0.15, 0.2) is 0 Å². The van der Waals surface area contributed by atoms with E-state index < -0.39 is 30.5 Å². The molecule has 0 saturated heterocycles. The Labute approximate surface area is 204 Å². The average Bonchev–Trinajstić information content (AvgIpc) is 2.08. The van der Waals surface area contributed by atoms with Crippen molar-refractivity contribution in [2.24, 2.45) is 0 Å².